The summed E-state index contributed by atoms with van der Waals surface area (Å²) in [6.45, 7) is 9.02. The molecular weight excluding hydrogens is 158 g/mol. The fraction of sp³-hybridized carbons (Fsp3) is 0.500. The Bertz CT molecular complexity index is 131. The van der Waals surface area contributed by atoms with Crippen LogP contribution in [0.1, 0.15) is 8.35 Å². The molecule has 0 unspecified atom stereocenters. The van der Waals surface area contributed by atoms with Crippen LogP contribution in [0.2, 0.25) is 0 Å². The van der Waals surface area contributed by atoms with E-state index in [1.165, 1.54) is 6.08 Å². The summed E-state index contributed by atoms with van der Waals surface area (Å²) in [7, 11) is 0. The van der Waals surface area contributed by atoms with Gasteiger partial charge in [0.05, 0.1) is 6.61 Å². The van der Waals surface area contributed by atoms with Crippen LogP contribution in [0.25, 0.3) is 0 Å². The molecule has 4 nitrogen and oxygen atoms in total. The predicted molar refractivity (Wildman–Crippen MR) is 48.9 cm³/mol. The van der Waals surface area contributed by atoms with Crippen molar-refractivity contribution in [1.82, 2.24) is 5.32 Å². The van der Waals surface area contributed by atoms with Gasteiger partial charge in [-0.25, -0.2) is 0 Å². The van der Waals surface area contributed by atoms with Crippen LogP contribution in [-0.4, -0.2) is 32.5 Å². The Morgan fingerprint density at radius 2 is 2.25 bits per heavy atom. The van der Waals surface area contributed by atoms with Crippen LogP contribution in [0.4, 0.5) is 0 Å². The van der Waals surface area contributed by atoms with Gasteiger partial charge in [-0.2, -0.15) is 0 Å². The first-order valence-corrected chi connectivity index (χ1v) is 3.58. The molecule has 12 heavy (non-hydrogen) atoms. The van der Waals surface area contributed by atoms with Gasteiger partial charge in [-0.3, -0.25) is 4.79 Å². The summed E-state index contributed by atoms with van der Waals surface area (Å²) in [6, 6.07) is 0. The smallest absolute Gasteiger partial charge is 0.243 e. The van der Waals surface area contributed by atoms with Crippen molar-refractivity contribution in [2.24, 2.45) is 0 Å². The second-order valence-electron chi connectivity index (χ2n) is 1.69. The Morgan fingerprint density at radius 3 is 2.67 bits per heavy atom. The minimum absolute atomic E-state index is 0. The van der Waals surface area contributed by atoms with Gasteiger partial charge in [0, 0.05) is 14.6 Å². The molecule has 0 saturated carbocycles. The van der Waals surface area contributed by atoms with Crippen molar-refractivity contribution in [3.05, 3.63) is 12.7 Å². The van der Waals surface area contributed by atoms with Gasteiger partial charge in [0.25, 0.3) is 0 Å². The van der Waals surface area contributed by atoms with E-state index in [4.69, 9.17) is 9.53 Å². The molecule has 0 spiro atoms. The van der Waals surface area contributed by atoms with Crippen molar-refractivity contribution in [2.45, 2.75) is 6.92 Å². The predicted octanol–water partition coefficient (Wildman–Crippen LogP) is 0.386. The van der Waals surface area contributed by atoms with Gasteiger partial charge < -0.3 is 14.8 Å². The molecule has 0 aromatic rings. The standard InChI is InChI=1S/C7H13NO2.CH2O.H2/c1-3-7(9)8-5-6-10-4-2;1-2;/h3H,1,4-6H2,2H3,(H,8,9);1H2;1H. The Balaban J connectivity index is -0.000000309. The third-order valence-electron chi connectivity index (χ3n) is 0.935. The summed E-state index contributed by atoms with van der Waals surface area (Å²) in [5.74, 6) is -0.153. The highest BCUT2D eigenvalue weighted by molar-refractivity contribution is 5.86. The molecule has 0 aromatic heterocycles. The molecule has 0 aliphatic rings. The van der Waals surface area contributed by atoms with Crippen LogP contribution in [0.15, 0.2) is 12.7 Å². The minimum Gasteiger partial charge on any atom is -0.380 e. The summed E-state index contributed by atoms with van der Waals surface area (Å²) in [6.07, 6.45) is 1.24. The highest BCUT2D eigenvalue weighted by Crippen LogP contribution is 1.71. The van der Waals surface area contributed by atoms with Crippen molar-refractivity contribution >= 4 is 12.7 Å². The molecule has 0 aromatic carbocycles. The van der Waals surface area contributed by atoms with Gasteiger partial charge in [0.1, 0.15) is 6.79 Å². The number of ether oxygens (including phenoxy) is 1. The van der Waals surface area contributed by atoms with Crippen molar-refractivity contribution in [3.63, 3.8) is 0 Å². The second-order valence-corrected chi connectivity index (χ2v) is 1.69. The molecular formula is C8H17NO3. The van der Waals surface area contributed by atoms with Crippen molar-refractivity contribution in [3.8, 4) is 0 Å². The molecule has 0 aliphatic carbocycles. The first-order valence-electron chi connectivity index (χ1n) is 3.58. The lowest BCUT2D eigenvalue weighted by atomic mass is 10.5. The summed E-state index contributed by atoms with van der Waals surface area (Å²) in [5.41, 5.74) is 0. The topological polar surface area (TPSA) is 55.4 Å². The quantitative estimate of drug-likeness (QED) is 0.485. The van der Waals surface area contributed by atoms with Gasteiger partial charge >= 0.3 is 0 Å². The average molecular weight is 175 g/mol. The molecule has 1 N–H and O–H groups in total. The lowest BCUT2D eigenvalue weighted by Gasteiger charge is -2.00. The van der Waals surface area contributed by atoms with E-state index >= 15 is 0 Å². The van der Waals surface area contributed by atoms with E-state index in [-0.39, 0.29) is 7.33 Å². The van der Waals surface area contributed by atoms with Gasteiger partial charge in [-0.05, 0) is 13.0 Å². The Morgan fingerprint density at radius 1 is 1.67 bits per heavy atom. The monoisotopic (exact) mass is 175 g/mol. The van der Waals surface area contributed by atoms with Crippen molar-refractivity contribution < 1.29 is 15.8 Å². The maximum Gasteiger partial charge on any atom is 0.243 e. The number of carbonyl (C=O) groups is 2. The molecule has 0 rings (SSSR count). The van der Waals surface area contributed by atoms with E-state index in [9.17, 15) is 4.79 Å². The van der Waals surface area contributed by atoms with Gasteiger partial charge in [0.2, 0.25) is 5.91 Å². The minimum atomic E-state index is -0.153. The number of hydrogen-bond donors (Lipinski definition) is 1. The van der Waals surface area contributed by atoms with Gasteiger partial charge in [-0.15, -0.1) is 0 Å². The van der Waals surface area contributed by atoms with Crippen LogP contribution >= 0.6 is 0 Å². The molecule has 0 aliphatic heterocycles. The highest BCUT2D eigenvalue weighted by Gasteiger charge is 1.90. The summed E-state index contributed by atoms with van der Waals surface area (Å²) >= 11 is 0. The number of carbonyl (C=O) groups excluding carboxylic acids is 2. The SMILES string of the molecule is C=CC(=O)NCCOCC.C=O.[HH]. The van der Waals surface area contributed by atoms with Gasteiger partial charge in [-0.1, -0.05) is 6.58 Å². The Hall–Kier alpha value is -1.16. The molecule has 0 radical (unpaired) electrons. The fourth-order valence-electron chi connectivity index (χ4n) is 0.463. The second kappa shape index (κ2) is 12.5. The first kappa shape index (κ1) is 13.4. The number of amides is 1. The molecule has 0 atom stereocenters. The molecule has 0 bridgehead atoms. The zero-order chi connectivity index (χ0) is 9.82. The van der Waals surface area contributed by atoms with E-state index in [0.29, 0.717) is 19.8 Å². The zero-order valence-corrected chi connectivity index (χ0v) is 7.34. The van der Waals surface area contributed by atoms with E-state index in [2.05, 4.69) is 11.9 Å². The third-order valence-corrected chi connectivity index (χ3v) is 0.935. The van der Waals surface area contributed by atoms with Gasteiger partial charge in [0.15, 0.2) is 0 Å². The third kappa shape index (κ3) is 11.6. The van der Waals surface area contributed by atoms with E-state index in [1.807, 2.05) is 13.7 Å². The van der Waals surface area contributed by atoms with Crippen molar-refractivity contribution in [2.75, 3.05) is 19.8 Å². The molecule has 4 heteroatoms. The molecule has 0 fully saturated rings. The summed E-state index contributed by atoms with van der Waals surface area (Å²) in [4.78, 5) is 18.5. The normalized spacial score (nSPS) is 7.75. The Kier molecular flexibility index (Phi) is 14.0. The molecule has 0 heterocycles. The maximum atomic E-state index is 10.5. The highest BCUT2D eigenvalue weighted by atomic mass is 16.5. The number of rotatable bonds is 5. The zero-order valence-electron chi connectivity index (χ0n) is 7.34. The lowest BCUT2D eigenvalue weighted by molar-refractivity contribution is -0.116. The van der Waals surface area contributed by atoms with Crippen LogP contribution < -0.4 is 5.32 Å². The van der Waals surface area contributed by atoms with Crippen LogP contribution in [0.3, 0.4) is 0 Å². The summed E-state index contributed by atoms with van der Waals surface area (Å²) in [5, 5.41) is 2.59. The molecule has 72 valence electrons. The molecule has 0 saturated heterocycles. The number of nitrogens with one attached hydrogen (secondary N) is 1. The maximum absolute atomic E-state index is 10.5. The fourth-order valence-corrected chi connectivity index (χ4v) is 0.463. The lowest BCUT2D eigenvalue weighted by Crippen LogP contribution is -2.25. The molecule has 1 amide bonds. The number of hydrogen-bond acceptors (Lipinski definition) is 3. The van der Waals surface area contributed by atoms with Crippen LogP contribution in [-0.2, 0) is 14.3 Å². The Labute approximate surface area is 74.1 Å². The van der Waals surface area contributed by atoms with E-state index in [0.717, 1.165) is 0 Å². The van der Waals surface area contributed by atoms with E-state index in [1.54, 1.807) is 0 Å². The van der Waals surface area contributed by atoms with Crippen LogP contribution in [0, 0.1) is 0 Å². The summed E-state index contributed by atoms with van der Waals surface area (Å²) < 4.78 is 4.98. The van der Waals surface area contributed by atoms with Crippen LogP contribution in [0.5, 0.6) is 0 Å². The van der Waals surface area contributed by atoms with Crippen molar-refractivity contribution in [1.29, 1.82) is 0 Å². The van der Waals surface area contributed by atoms with E-state index < -0.39 is 0 Å². The largest absolute Gasteiger partial charge is 0.380 e. The first-order chi connectivity index (χ1) is 5.81. The average Bonchev–Trinajstić information content (AvgIpc) is 2.15.